The molecule has 0 fully saturated rings. The molecule has 0 bridgehead atoms. The minimum absolute atomic E-state index is 0.0924. The molecule has 0 saturated carbocycles. The van der Waals surface area contributed by atoms with Crippen LogP contribution in [0, 0.1) is 0 Å². The topological polar surface area (TPSA) is 15.7 Å². The summed E-state index contributed by atoms with van der Waals surface area (Å²) in [4.78, 5) is 5.04. The highest BCUT2D eigenvalue weighted by atomic mass is 16.5. The van der Waals surface area contributed by atoms with Crippen molar-refractivity contribution in [2.75, 3.05) is 9.80 Å². The quantitative estimate of drug-likeness (QED) is 0.163. The van der Waals surface area contributed by atoms with Crippen LogP contribution in [0.1, 0.15) is 72.2 Å². The predicted octanol–water partition coefficient (Wildman–Crippen LogP) is 11.5. The molecule has 0 amide bonds. The van der Waals surface area contributed by atoms with Crippen LogP contribution in [-0.2, 0) is 16.2 Å². The number of hydrogen-bond acceptors (Lipinski definition) is 3. The SMILES string of the molecule is CC1(C)c2cccc3c2B2c4c1cccc4C(C)(C)c1c(N4c5ccccc5C5(c6ccccc6N(c6ccccc6)c6ccccc65)c5ccccc54)ccc(c12)O3. The number of para-hydroxylation sites is 5. The Balaban J connectivity index is 1.12. The lowest BCUT2D eigenvalue weighted by atomic mass is 9.26. The van der Waals surface area contributed by atoms with Crippen LogP contribution in [-0.4, -0.2) is 6.71 Å². The van der Waals surface area contributed by atoms with Gasteiger partial charge in [0.05, 0.1) is 28.2 Å². The van der Waals surface area contributed by atoms with E-state index >= 15 is 0 Å². The molecule has 8 aromatic rings. The van der Waals surface area contributed by atoms with E-state index in [4.69, 9.17) is 4.74 Å². The lowest BCUT2D eigenvalue weighted by molar-refractivity contribution is 0.481. The summed E-state index contributed by atoms with van der Waals surface area (Å²) < 4.78 is 7.01. The fraction of sp³-hybridized carbons (Fsp3) is 0.127. The van der Waals surface area contributed by atoms with Gasteiger partial charge in [0.25, 0.3) is 6.71 Å². The first kappa shape index (κ1) is 33.2. The molecule has 0 aliphatic carbocycles. The van der Waals surface area contributed by atoms with Crippen molar-refractivity contribution in [1.82, 2.24) is 0 Å². The number of benzene rings is 8. The molecule has 0 aromatic heterocycles. The minimum Gasteiger partial charge on any atom is -0.458 e. The number of ether oxygens (including phenoxy) is 1. The molecule has 0 unspecified atom stereocenters. The summed E-state index contributed by atoms with van der Waals surface area (Å²) in [5.74, 6) is 1.96. The molecule has 0 saturated heterocycles. The van der Waals surface area contributed by atoms with E-state index in [-0.39, 0.29) is 17.5 Å². The monoisotopic (exact) mass is 756 g/mol. The second kappa shape index (κ2) is 11.2. The van der Waals surface area contributed by atoms with Crippen molar-refractivity contribution in [2.45, 2.75) is 43.9 Å². The zero-order chi connectivity index (χ0) is 39.4. The third kappa shape index (κ3) is 3.91. The van der Waals surface area contributed by atoms with Crippen LogP contribution < -0.4 is 30.9 Å². The average Bonchev–Trinajstić information content (AvgIpc) is 3.27. The van der Waals surface area contributed by atoms with E-state index in [0.717, 1.165) is 17.2 Å². The Labute approximate surface area is 346 Å². The van der Waals surface area contributed by atoms with E-state index < -0.39 is 5.41 Å². The maximum absolute atomic E-state index is 7.01. The fourth-order valence-corrected chi connectivity index (χ4v) is 12.3. The lowest BCUT2D eigenvalue weighted by Crippen LogP contribution is -2.68. The molecule has 4 heteroatoms. The van der Waals surface area contributed by atoms with Crippen LogP contribution in [0.3, 0.4) is 0 Å². The molecule has 59 heavy (non-hydrogen) atoms. The van der Waals surface area contributed by atoms with Gasteiger partial charge >= 0.3 is 0 Å². The van der Waals surface area contributed by atoms with Gasteiger partial charge in [-0.2, -0.15) is 0 Å². The Kier molecular flexibility index (Phi) is 6.33. The molecule has 0 radical (unpaired) electrons. The Bertz CT molecular complexity index is 3030. The molecule has 3 nitrogen and oxygen atoms in total. The summed E-state index contributed by atoms with van der Waals surface area (Å²) >= 11 is 0. The van der Waals surface area contributed by atoms with Crippen molar-refractivity contribution >= 4 is 57.2 Å². The van der Waals surface area contributed by atoms with Crippen molar-refractivity contribution in [3.05, 3.63) is 220 Å². The molecular formula is C55H41BN2O. The number of nitrogens with zero attached hydrogens (tertiary/aromatic N) is 2. The third-order valence-electron chi connectivity index (χ3n) is 14.5. The molecule has 0 atom stereocenters. The van der Waals surface area contributed by atoms with Gasteiger partial charge in [-0.3, -0.25) is 0 Å². The van der Waals surface area contributed by atoms with Gasteiger partial charge in [0.2, 0.25) is 0 Å². The van der Waals surface area contributed by atoms with Gasteiger partial charge in [-0.05, 0) is 110 Å². The van der Waals surface area contributed by atoms with E-state index in [0.29, 0.717) is 0 Å². The number of anilines is 6. The van der Waals surface area contributed by atoms with Crippen molar-refractivity contribution in [1.29, 1.82) is 0 Å². The maximum Gasteiger partial charge on any atom is 0.252 e. The fourth-order valence-electron chi connectivity index (χ4n) is 12.3. The van der Waals surface area contributed by atoms with Gasteiger partial charge in [-0.1, -0.05) is 154 Å². The zero-order valence-corrected chi connectivity index (χ0v) is 33.6. The highest BCUT2D eigenvalue weighted by molar-refractivity contribution is 6.99. The molecule has 5 heterocycles. The van der Waals surface area contributed by atoms with Crippen LogP contribution in [0.2, 0.25) is 0 Å². The van der Waals surface area contributed by atoms with Gasteiger partial charge in [-0.25, -0.2) is 0 Å². The van der Waals surface area contributed by atoms with E-state index in [9.17, 15) is 0 Å². The highest BCUT2D eigenvalue weighted by Gasteiger charge is 2.55. The Morgan fingerprint density at radius 1 is 0.356 bits per heavy atom. The minimum atomic E-state index is -0.587. The lowest BCUT2D eigenvalue weighted by Gasteiger charge is -2.53. The van der Waals surface area contributed by atoms with E-state index in [2.05, 4.69) is 213 Å². The summed E-state index contributed by atoms with van der Waals surface area (Å²) in [5, 5.41) is 0. The normalized spacial score (nSPS) is 16.9. The van der Waals surface area contributed by atoms with Crippen LogP contribution in [0.15, 0.2) is 176 Å². The standard InChI is InChI=1S/C55H41BN2O/c1-53(2)39-24-16-25-40-50(39)56-51-41(53)26-17-31-47(51)59-48-33-32-46(49(52(48)56)54(40,3)4)58-44-29-14-10-22-37(44)55(38-23-11-15-30-45(38)58)35-20-8-12-27-42(35)57(34-18-6-5-7-19-34)43-28-13-9-21-36(43)55/h5-33H,1-4H3. The van der Waals surface area contributed by atoms with E-state index in [1.54, 1.807) is 0 Å². The molecule has 280 valence electrons. The van der Waals surface area contributed by atoms with Crippen LogP contribution in [0.4, 0.5) is 34.1 Å². The van der Waals surface area contributed by atoms with E-state index in [1.165, 1.54) is 89.3 Å². The summed E-state index contributed by atoms with van der Waals surface area (Å²) in [5.41, 5.74) is 20.8. The first-order valence-corrected chi connectivity index (χ1v) is 21.0. The number of rotatable bonds is 2. The van der Waals surface area contributed by atoms with E-state index in [1.807, 2.05) is 0 Å². The van der Waals surface area contributed by atoms with Gasteiger partial charge < -0.3 is 14.5 Å². The molecular weight excluding hydrogens is 715 g/mol. The molecule has 8 aromatic carbocycles. The largest absolute Gasteiger partial charge is 0.458 e. The second-order valence-corrected chi connectivity index (χ2v) is 18.0. The Morgan fingerprint density at radius 3 is 1.37 bits per heavy atom. The Morgan fingerprint density at radius 2 is 0.797 bits per heavy atom. The van der Waals surface area contributed by atoms with Crippen molar-refractivity contribution < 1.29 is 4.74 Å². The van der Waals surface area contributed by atoms with Crippen molar-refractivity contribution in [3.63, 3.8) is 0 Å². The maximum atomic E-state index is 7.01. The van der Waals surface area contributed by atoms with Gasteiger partial charge in [0.1, 0.15) is 11.5 Å². The van der Waals surface area contributed by atoms with Crippen molar-refractivity contribution in [3.8, 4) is 11.5 Å². The smallest absolute Gasteiger partial charge is 0.252 e. The molecule has 1 spiro atoms. The highest BCUT2D eigenvalue weighted by Crippen LogP contribution is 2.64. The second-order valence-electron chi connectivity index (χ2n) is 18.0. The van der Waals surface area contributed by atoms with Crippen LogP contribution in [0.25, 0.3) is 0 Å². The molecule has 0 N–H and O–H groups in total. The third-order valence-corrected chi connectivity index (χ3v) is 14.5. The van der Waals surface area contributed by atoms with Gasteiger partial charge in [0.15, 0.2) is 0 Å². The number of fused-ring (bicyclic) bond motifs is 8. The van der Waals surface area contributed by atoms with Gasteiger partial charge in [0, 0.05) is 22.2 Å². The predicted molar refractivity (Wildman–Crippen MR) is 243 cm³/mol. The first-order valence-electron chi connectivity index (χ1n) is 21.0. The van der Waals surface area contributed by atoms with Crippen LogP contribution in [0.5, 0.6) is 11.5 Å². The average molecular weight is 757 g/mol. The van der Waals surface area contributed by atoms with Crippen molar-refractivity contribution in [2.24, 2.45) is 0 Å². The molecule has 13 rings (SSSR count). The van der Waals surface area contributed by atoms with Gasteiger partial charge in [-0.15, -0.1) is 0 Å². The first-order chi connectivity index (χ1) is 28.8. The summed E-state index contributed by atoms with van der Waals surface area (Å²) in [7, 11) is 0. The Hall–Kier alpha value is -6.78. The number of hydrogen-bond donors (Lipinski definition) is 0. The molecule has 5 aliphatic heterocycles. The van der Waals surface area contributed by atoms with Crippen LogP contribution >= 0.6 is 0 Å². The zero-order valence-electron chi connectivity index (χ0n) is 33.6. The molecule has 5 aliphatic rings. The summed E-state index contributed by atoms with van der Waals surface area (Å²) in [6.07, 6.45) is 0. The summed E-state index contributed by atoms with van der Waals surface area (Å²) in [6.45, 7) is 9.75. The summed E-state index contributed by atoms with van der Waals surface area (Å²) in [6, 6.07) is 65.7.